The summed E-state index contributed by atoms with van der Waals surface area (Å²) in [6.45, 7) is -0.894. The molecule has 0 bridgehead atoms. The second-order valence-corrected chi connectivity index (χ2v) is 3.25. The van der Waals surface area contributed by atoms with Crippen molar-refractivity contribution in [3.63, 3.8) is 0 Å². The fourth-order valence-corrected chi connectivity index (χ4v) is 1.17. The average Bonchev–Trinajstić information content (AvgIpc) is 2.18. The van der Waals surface area contributed by atoms with Crippen molar-refractivity contribution in [2.24, 2.45) is 0 Å². The summed E-state index contributed by atoms with van der Waals surface area (Å²) in [6.07, 6.45) is -2.32. The second-order valence-electron chi connectivity index (χ2n) is 3.25. The van der Waals surface area contributed by atoms with Crippen molar-refractivity contribution in [2.75, 3.05) is 13.2 Å². The molecule has 0 unspecified atom stereocenters. The van der Waals surface area contributed by atoms with Crippen LogP contribution in [0.2, 0.25) is 0 Å². The number of pyridine rings is 1. The molecule has 0 aliphatic carbocycles. The largest absolute Gasteiger partial charge is 0.411 e. The van der Waals surface area contributed by atoms with Crippen LogP contribution in [0.4, 0.5) is 13.2 Å². The highest BCUT2D eigenvalue weighted by Crippen LogP contribution is 2.14. The van der Waals surface area contributed by atoms with Gasteiger partial charge in [0.1, 0.15) is 6.61 Å². The van der Waals surface area contributed by atoms with E-state index in [1.807, 2.05) is 0 Å². The lowest BCUT2D eigenvalue weighted by atomic mass is 10.4. The molecule has 1 aromatic heterocycles. The maximum absolute atomic E-state index is 11.7. The lowest BCUT2D eigenvalue weighted by molar-refractivity contribution is -0.174. The van der Waals surface area contributed by atoms with Crippen molar-refractivity contribution in [1.29, 1.82) is 0 Å². The summed E-state index contributed by atoms with van der Waals surface area (Å²) in [5, 5.41) is 0. The maximum atomic E-state index is 11.7. The minimum absolute atomic E-state index is 0.0131. The quantitative estimate of drug-likeness (QED) is 0.729. The van der Waals surface area contributed by atoms with E-state index in [2.05, 4.69) is 4.74 Å². The monoisotopic (exact) mass is 235 g/mol. The Bertz CT molecular complexity index is 373. The third-order valence-electron chi connectivity index (χ3n) is 1.85. The van der Waals surface area contributed by atoms with Crippen molar-refractivity contribution >= 4 is 0 Å². The van der Waals surface area contributed by atoms with Crippen LogP contribution in [0.25, 0.3) is 0 Å². The lowest BCUT2D eigenvalue weighted by Gasteiger charge is -2.08. The van der Waals surface area contributed by atoms with Gasteiger partial charge in [0, 0.05) is 25.4 Å². The fraction of sp³-hybridized carbons (Fsp3) is 0.500. The van der Waals surface area contributed by atoms with Crippen LogP contribution >= 0.6 is 0 Å². The highest BCUT2D eigenvalue weighted by Gasteiger charge is 2.27. The summed E-state index contributed by atoms with van der Waals surface area (Å²) in [5.41, 5.74) is -0.168. The van der Waals surface area contributed by atoms with Crippen molar-refractivity contribution in [2.45, 2.75) is 19.1 Å². The zero-order valence-corrected chi connectivity index (χ0v) is 8.54. The average molecular weight is 235 g/mol. The Labute approximate surface area is 90.5 Å². The predicted molar refractivity (Wildman–Crippen MR) is 52.2 cm³/mol. The number of aryl methyl sites for hydroxylation is 1. The number of hydrogen-bond acceptors (Lipinski definition) is 2. The number of hydrogen-bond donors (Lipinski definition) is 0. The standard InChI is InChI=1S/C10H12F3NO2/c11-10(12,13)8-16-7-3-6-14-5-2-1-4-9(14)15/h1-2,4-5H,3,6-8H2. The molecule has 0 saturated heterocycles. The molecule has 1 rings (SSSR count). The highest BCUT2D eigenvalue weighted by molar-refractivity contribution is 4.92. The smallest absolute Gasteiger partial charge is 0.372 e. The van der Waals surface area contributed by atoms with Gasteiger partial charge in [-0.1, -0.05) is 6.07 Å². The third-order valence-corrected chi connectivity index (χ3v) is 1.85. The third kappa shape index (κ3) is 4.97. The van der Waals surface area contributed by atoms with Gasteiger partial charge in [-0.15, -0.1) is 0 Å². The molecule has 0 atom stereocenters. The molecule has 0 aromatic carbocycles. The molecule has 1 aromatic rings. The Hall–Kier alpha value is -1.30. The van der Waals surface area contributed by atoms with Gasteiger partial charge in [0.25, 0.3) is 0 Å². The Kier molecular flexibility index (Phi) is 4.54. The topological polar surface area (TPSA) is 31.2 Å². The van der Waals surface area contributed by atoms with E-state index in [1.165, 1.54) is 10.6 Å². The number of halogens is 3. The highest BCUT2D eigenvalue weighted by atomic mass is 19.4. The summed E-state index contributed by atoms with van der Waals surface area (Å²) >= 11 is 0. The number of alkyl halides is 3. The SMILES string of the molecule is O=c1ccccn1CCCOCC(F)(F)F. The van der Waals surface area contributed by atoms with Crippen LogP contribution in [0.3, 0.4) is 0 Å². The van der Waals surface area contributed by atoms with Gasteiger partial charge >= 0.3 is 6.18 Å². The number of nitrogens with zero attached hydrogens (tertiary/aromatic N) is 1. The summed E-state index contributed by atoms with van der Waals surface area (Å²) in [4.78, 5) is 11.2. The molecule has 0 spiro atoms. The lowest BCUT2D eigenvalue weighted by Crippen LogP contribution is -2.20. The van der Waals surface area contributed by atoms with Gasteiger partial charge in [-0.3, -0.25) is 4.79 Å². The fourth-order valence-electron chi connectivity index (χ4n) is 1.17. The molecule has 0 amide bonds. The Morgan fingerprint density at radius 1 is 1.31 bits per heavy atom. The minimum atomic E-state index is -4.29. The van der Waals surface area contributed by atoms with Gasteiger partial charge in [-0.05, 0) is 12.5 Å². The van der Waals surface area contributed by atoms with Gasteiger partial charge in [-0.25, -0.2) is 0 Å². The van der Waals surface area contributed by atoms with Crippen LogP contribution in [0.15, 0.2) is 29.2 Å². The van der Waals surface area contributed by atoms with Crippen molar-refractivity contribution in [1.82, 2.24) is 4.57 Å². The minimum Gasteiger partial charge on any atom is -0.372 e. The molecule has 0 aliphatic rings. The van der Waals surface area contributed by atoms with Gasteiger partial charge in [0.15, 0.2) is 0 Å². The van der Waals surface area contributed by atoms with E-state index in [1.54, 1.807) is 18.3 Å². The van der Waals surface area contributed by atoms with E-state index in [-0.39, 0.29) is 12.2 Å². The molecular formula is C10H12F3NO2. The molecule has 3 nitrogen and oxygen atoms in total. The summed E-state index contributed by atoms with van der Waals surface area (Å²) < 4.78 is 40.9. The molecule has 0 N–H and O–H groups in total. The number of aromatic nitrogens is 1. The van der Waals surface area contributed by atoms with Crippen molar-refractivity contribution in [3.05, 3.63) is 34.7 Å². The normalized spacial score (nSPS) is 11.7. The molecular weight excluding hydrogens is 223 g/mol. The Balaban J connectivity index is 2.22. The Morgan fingerprint density at radius 3 is 2.69 bits per heavy atom. The summed E-state index contributed by atoms with van der Waals surface area (Å²) in [6, 6.07) is 4.70. The summed E-state index contributed by atoms with van der Waals surface area (Å²) in [7, 11) is 0. The molecule has 16 heavy (non-hydrogen) atoms. The predicted octanol–water partition coefficient (Wildman–Crippen LogP) is 1.82. The number of ether oxygens (including phenoxy) is 1. The maximum Gasteiger partial charge on any atom is 0.411 e. The zero-order chi connectivity index (χ0) is 12.0. The van der Waals surface area contributed by atoms with Gasteiger partial charge in [-0.2, -0.15) is 13.2 Å². The molecule has 90 valence electrons. The van der Waals surface area contributed by atoms with E-state index in [0.29, 0.717) is 13.0 Å². The van der Waals surface area contributed by atoms with Gasteiger partial charge in [0.05, 0.1) is 0 Å². The van der Waals surface area contributed by atoms with E-state index in [0.717, 1.165) is 0 Å². The first-order valence-corrected chi connectivity index (χ1v) is 4.79. The molecule has 0 fully saturated rings. The van der Waals surface area contributed by atoms with Crippen LogP contribution in [0.1, 0.15) is 6.42 Å². The van der Waals surface area contributed by atoms with Crippen LogP contribution in [0.5, 0.6) is 0 Å². The molecule has 1 heterocycles. The van der Waals surface area contributed by atoms with E-state index in [4.69, 9.17) is 0 Å². The van der Waals surface area contributed by atoms with Crippen LogP contribution in [-0.2, 0) is 11.3 Å². The zero-order valence-electron chi connectivity index (χ0n) is 8.54. The Morgan fingerprint density at radius 2 is 2.06 bits per heavy atom. The first-order valence-electron chi connectivity index (χ1n) is 4.79. The number of rotatable bonds is 5. The molecule has 0 radical (unpaired) electrons. The molecule has 0 saturated carbocycles. The van der Waals surface area contributed by atoms with Gasteiger partial charge in [0.2, 0.25) is 5.56 Å². The van der Waals surface area contributed by atoms with Crippen LogP contribution in [0, 0.1) is 0 Å². The first kappa shape index (κ1) is 12.8. The van der Waals surface area contributed by atoms with Gasteiger partial charge < -0.3 is 9.30 Å². The van der Waals surface area contributed by atoms with E-state index in [9.17, 15) is 18.0 Å². The first-order chi connectivity index (χ1) is 7.49. The molecule has 0 aliphatic heterocycles. The van der Waals surface area contributed by atoms with E-state index >= 15 is 0 Å². The summed E-state index contributed by atoms with van der Waals surface area (Å²) in [5.74, 6) is 0. The van der Waals surface area contributed by atoms with Crippen molar-refractivity contribution < 1.29 is 17.9 Å². The van der Waals surface area contributed by atoms with Crippen LogP contribution in [-0.4, -0.2) is 24.0 Å². The van der Waals surface area contributed by atoms with Crippen LogP contribution < -0.4 is 5.56 Å². The molecule has 6 heteroatoms. The van der Waals surface area contributed by atoms with Crippen molar-refractivity contribution in [3.8, 4) is 0 Å². The van der Waals surface area contributed by atoms with E-state index < -0.39 is 12.8 Å². The second kappa shape index (κ2) is 5.69.